The molecule has 2 nitrogen and oxygen atoms in total. The van der Waals surface area contributed by atoms with E-state index < -0.39 is 0 Å². The molecule has 0 N–H and O–H groups in total. The molecule has 94 valence electrons. The quantitative estimate of drug-likeness (QED) is 0.455. The van der Waals surface area contributed by atoms with Crippen LogP contribution in [0, 0.1) is 11.3 Å². The van der Waals surface area contributed by atoms with Crippen molar-refractivity contribution in [1.82, 2.24) is 4.40 Å². The molecule has 0 saturated carbocycles. The molecule has 3 heteroatoms. The number of hydrogen-bond acceptors (Lipinski definition) is 1. The van der Waals surface area contributed by atoms with Crippen LogP contribution in [0.3, 0.4) is 0 Å². The van der Waals surface area contributed by atoms with E-state index in [-0.39, 0.29) is 0 Å². The lowest BCUT2D eigenvalue weighted by molar-refractivity contribution is 1.33. The summed E-state index contributed by atoms with van der Waals surface area (Å²) in [5.41, 5.74) is 3.70. The molecule has 0 spiro atoms. The SMILES string of the molecule is N#Cc1c2cc(Cl)ccc2n2c1ccc1ccccc12. The van der Waals surface area contributed by atoms with Crippen molar-refractivity contribution in [3.8, 4) is 6.07 Å². The monoisotopic (exact) mass is 276 g/mol. The van der Waals surface area contributed by atoms with E-state index >= 15 is 0 Å². The standard InChI is InChI=1S/C17H9ClN2/c18-12-6-8-16-13(9-12)14(10-19)17-7-5-11-3-1-2-4-15(11)20(16)17/h1-9H. The minimum absolute atomic E-state index is 0.647. The summed E-state index contributed by atoms with van der Waals surface area (Å²) in [6, 6.07) is 20.2. The highest BCUT2D eigenvalue weighted by Crippen LogP contribution is 2.31. The third kappa shape index (κ3) is 1.39. The smallest absolute Gasteiger partial charge is 0.102 e. The van der Waals surface area contributed by atoms with Gasteiger partial charge in [0.2, 0.25) is 0 Å². The second kappa shape index (κ2) is 4.00. The van der Waals surface area contributed by atoms with Crippen LogP contribution in [0.4, 0.5) is 0 Å². The summed E-state index contributed by atoms with van der Waals surface area (Å²) in [6.45, 7) is 0. The van der Waals surface area contributed by atoms with Crippen LogP contribution in [0.5, 0.6) is 0 Å². The molecule has 0 aliphatic carbocycles. The Morgan fingerprint density at radius 3 is 2.55 bits per heavy atom. The zero-order valence-corrected chi connectivity index (χ0v) is 11.2. The maximum absolute atomic E-state index is 9.48. The molecule has 2 aromatic heterocycles. The highest BCUT2D eigenvalue weighted by atomic mass is 35.5. The molecule has 0 bridgehead atoms. The van der Waals surface area contributed by atoms with Crippen LogP contribution in [-0.2, 0) is 0 Å². The van der Waals surface area contributed by atoms with Crippen molar-refractivity contribution in [1.29, 1.82) is 5.26 Å². The van der Waals surface area contributed by atoms with E-state index in [1.54, 1.807) is 0 Å². The number of pyridine rings is 1. The van der Waals surface area contributed by atoms with Crippen LogP contribution in [0.25, 0.3) is 27.3 Å². The average Bonchev–Trinajstić information content (AvgIpc) is 2.80. The predicted molar refractivity (Wildman–Crippen MR) is 82.1 cm³/mol. The number of nitriles is 1. The third-order valence-corrected chi connectivity index (χ3v) is 3.91. The zero-order valence-electron chi connectivity index (χ0n) is 10.5. The first kappa shape index (κ1) is 11.3. The van der Waals surface area contributed by atoms with Crippen LogP contribution < -0.4 is 0 Å². The van der Waals surface area contributed by atoms with Crippen LogP contribution in [0.1, 0.15) is 5.56 Å². The van der Waals surface area contributed by atoms with Crippen molar-refractivity contribution in [3.63, 3.8) is 0 Å². The first-order valence-corrected chi connectivity index (χ1v) is 6.69. The molecular weight excluding hydrogens is 268 g/mol. The van der Waals surface area contributed by atoms with Crippen LogP contribution >= 0.6 is 11.6 Å². The van der Waals surface area contributed by atoms with Crippen molar-refractivity contribution >= 4 is 38.9 Å². The summed E-state index contributed by atoms with van der Waals surface area (Å²) in [7, 11) is 0. The van der Waals surface area contributed by atoms with Crippen LogP contribution in [-0.4, -0.2) is 4.40 Å². The average molecular weight is 277 g/mol. The molecule has 2 aromatic carbocycles. The number of nitrogens with zero attached hydrogens (tertiary/aromatic N) is 2. The van der Waals surface area contributed by atoms with E-state index in [2.05, 4.69) is 22.6 Å². The second-order valence-corrected chi connectivity index (χ2v) is 5.20. The number of halogens is 1. The number of rotatable bonds is 0. The normalized spacial score (nSPS) is 11.2. The van der Waals surface area contributed by atoms with Gasteiger partial charge in [0, 0.05) is 10.4 Å². The zero-order chi connectivity index (χ0) is 13.7. The molecule has 0 atom stereocenters. The molecule has 0 saturated heterocycles. The van der Waals surface area contributed by atoms with Gasteiger partial charge in [0.1, 0.15) is 6.07 Å². The minimum atomic E-state index is 0.647. The summed E-state index contributed by atoms with van der Waals surface area (Å²) in [4.78, 5) is 0. The molecule has 20 heavy (non-hydrogen) atoms. The first-order valence-electron chi connectivity index (χ1n) is 6.31. The summed E-state index contributed by atoms with van der Waals surface area (Å²) in [5, 5.41) is 12.2. The van der Waals surface area contributed by atoms with Gasteiger partial charge in [0.15, 0.2) is 0 Å². The molecule has 0 amide bonds. The molecule has 0 fully saturated rings. The summed E-state index contributed by atoms with van der Waals surface area (Å²) < 4.78 is 2.12. The van der Waals surface area contributed by atoms with E-state index in [0.717, 1.165) is 27.3 Å². The number of benzene rings is 2. The molecule has 2 heterocycles. The van der Waals surface area contributed by atoms with Crippen molar-refractivity contribution in [3.05, 3.63) is 65.2 Å². The Labute approximate surface area is 120 Å². The van der Waals surface area contributed by atoms with Gasteiger partial charge in [-0.15, -0.1) is 0 Å². The van der Waals surface area contributed by atoms with Gasteiger partial charge >= 0.3 is 0 Å². The number of para-hydroxylation sites is 1. The second-order valence-electron chi connectivity index (χ2n) is 4.76. The topological polar surface area (TPSA) is 28.2 Å². The van der Waals surface area contributed by atoms with Gasteiger partial charge in [0.25, 0.3) is 0 Å². The van der Waals surface area contributed by atoms with Crippen molar-refractivity contribution in [2.75, 3.05) is 0 Å². The summed E-state index contributed by atoms with van der Waals surface area (Å²) in [6.07, 6.45) is 0. The number of fused-ring (bicyclic) bond motifs is 5. The molecule has 4 aromatic rings. The van der Waals surface area contributed by atoms with Gasteiger partial charge in [-0.2, -0.15) is 5.26 Å². The van der Waals surface area contributed by atoms with Crippen LogP contribution in [0.2, 0.25) is 5.02 Å². The molecular formula is C17H9ClN2. The van der Waals surface area contributed by atoms with Gasteiger partial charge < -0.3 is 4.40 Å². The van der Waals surface area contributed by atoms with Crippen LogP contribution in [0.15, 0.2) is 54.6 Å². The summed E-state index contributed by atoms with van der Waals surface area (Å²) >= 11 is 6.07. The fourth-order valence-electron chi connectivity index (χ4n) is 2.82. The predicted octanol–water partition coefficient (Wildman–Crippen LogP) is 4.77. The largest absolute Gasteiger partial charge is 0.308 e. The van der Waals surface area contributed by atoms with Gasteiger partial charge in [-0.25, -0.2) is 0 Å². The van der Waals surface area contributed by atoms with E-state index in [0.29, 0.717) is 10.6 Å². The lowest BCUT2D eigenvalue weighted by Crippen LogP contribution is -1.87. The van der Waals surface area contributed by atoms with Gasteiger partial charge in [0.05, 0.1) is 22.1 Å². The Bertz CT molecular complexity index is 1020. The van der Waals surface area contributed by atoms with E-state index in [4.69, 9.17) is 11.6 Å². The van der Waals surface area contributed by atoms with Crippen molar-refractivity contribution in [2.45, 2.75) is 0 Å². The van der Waals surface area contributed by atoms with Gasteiger partial charge in [-0.1, -0.05) is 35.9 Å². The van der Waals surface area contributed by atoms with Crippen molar-refractivity contribution in [2.24, 2.45) is 0 Å². The van der Waals surface area contributed by atoms with Gasteiger partial charge in [-0.3, -0.25) is 0 Å². The third-order valence-electron chi connectivity index (χ3n) is 3.68. The molecule has 0 radical (unpaired) electrons. The maximum Gasteiger partial charge on any atom is 0.102 e. The van der Waals surface area contributed by atoms with E-state index in [9.17, 15) is 5.26 Å². The fourth-order valence-corrected chi connectivity index (χ4v) is 2.99. The van der Waals surface area contributed by atoms with E-state index in [1.165, 1.54) is 0 Å². The van der Waals surface area contributed by atoms with Gasteiger partial charge in [-0.05, 0) is 35.7 Å². The highest BCUT2D eigenvalue weighted by Gasteiger charge is 2.13. The Balaban J connectivity index is 2.39. The molecule has 0 unspecified atom stereocenters. The fraction of sp³-hybridized carbons (Fsp3) is 0. The lowest BCUT2D eigenvalue weighted by atomic mass is 10.1. The molecule has 0 aliphatic rings. The molecule has 4 rings (SSSR count). The number of aromatic nitrogens is 1. The van der Waals surface area contributed by atoms with E-state index in [1.807, 2.05) is 42.5 Å². The maximum atomic E-state index is 9.48. The molecule has 0 aliphatic heterocycles. The van der Waals surface area contributed by atoms with Crippen molar-refractivity contribution < 1.29 is 0 Å². The Morgan fingerprint density at radius 2 is 1.70 bits per heavy atom. The summed E-state index contributed by atoms with van der Waals surface area (Å²) in [5.74, 6) is 0. The highest BCUT2D eigenvalue weighted by molar-refractivity contribution is 6.31. The first-order chi connectivity index (χ1) is 9.79. The Hall–Kier alpha value is -2.50. The Morgan fingerprint density at radius 1 is 0.900 bits per heavy atom. The minimum Gasteiger partial charge on any atom is -0.308 e. The Kier molecular flexibility index (Phi) is 2.26. The lowest BCUT2D eigenvalue weighted by Gasteiger charge is -2.03. The number of hydrogen-bond donors (Lipinski definition) is 0.